The lowest BCUT2D eigenvalue weighted by molar-refractivity contribution is 0.102. The van der Waals surface area contributed by atoms with Crippen molar-refractivity contribution in [2.24, 2.45) is 0 Å². The van der Waals surface area contributed by atoms with Crippen molar-refractivity contribution in [3.63, 3.8) is 0 Å². The molecule has 0 unspecified atom stereocenters. The van der Waals surface area contributed by atoms with Crippen LogP contribution in [0.15, 0.2) is 46.9 Å². The van der Waals surface area contributed by atoms with E-state index in [1.807, 2.05) is 30.3 Å². The minimum absolute atomic E-state index is 0.125. The Morgan fingerprint density at radius 2 is 1.95 bits per heavy atom. The molecule has 0 aliphatic carbocycles. The highest BCUT2D eigenvalue weighted by atomic mass is 127. The fourth-order valence-electron chi connectivity index (χ4n) is 1.82. The third-order valence-electron chi connectivity index (χ3n) is 3.06. The van der Waals surface area contributed by atoms with Gasteiger partial charge in [-0.1, -0.05) is 29.3 Å². The van der Waals surface area contributed by atoms with E-state index in [2.05, 4.69) is 50.8 Å². The van der Waals surface area contributed by atoms with E-state index in [1.165, 1.54) is 0 Å². The van der Waals surface area contributed by atoms with Gasteiger partial charge in [-0.15, -0.1) is 0 Å². The van der Waals surface area contributed by atoms with Crippen LogP contribution in [0, 0.1) is 3.57 Å². The summed E-state index contributed by atoms with van der Waals surface area (Å²) in [5.74, 6) is 0.670. The molecule has 0 spiro atoms. The molecule has 0 fully saturated rings. The van der Waals surface area contributed by atoms with Crippen molar-refractivity contribution < 1.29 is 9.53 Å². The van der Waals surface area contributed by atoms with Crippen molar-refractivity contribution >= 4 is 50.1 Å². The van der Waals surface area contributed by atoms with E-state index in [1.54, 1.807) is 12.1 Å². The number of benzene rings is 2. The van der Waals surface area contributed by atoms with E-state index in [0.717, 1.165) is 32.3 Å². The van der Waals surface area contributed by atoms with Gasteiger partial charge in [0.1, 0.15) is 5.75 Å². The summed E-state index contributed by atoms with van der Waals surface area (Å²) in [7, 11) is 0. The first-order valence-electron chi connectivity index (χ1n) is 7.09. The van der Waals surface area contributed by atoms with Crippen LogP contribution in [-0.4, -0.2) is 12.5 Å². The number of hydrogen-bond donors (Lipinski definition) is 1. The van der Waals surface area contributed by atoms with E-state index in [-0.39, 0.29) is 5.91 Å². The van der Waals surface area contributed by atoms with Gasteiger partial charge >= 0.3 is 0 Å². The van der Waals surface area contributed by atoms with Gasteiger partial charge in [-0.2, -0.15) is 0 Å². The molecule has 5 heteroatoms. The number of unbranched alkanes of at least 4 members (excludes halogenated alkanes) is 1. The third-order valence-corrected chi connectivity index (χ3v) is 4.45. The number of halogens is 2. The number of carbonyl (C=O) groups is 1. The Morgan fingerprint density at radius 1 is 1.23 bits per heavy atom. The van der Waals surface area contributed by atoms with Gasteiger partial charge in [0, 0.05) is 13.6 Å². The fourth-order valence-corrected chi connectivity index (χ4v) is 3.26. The number of anilines is 1. The van der Waals surface area contributed by atoms with Crippen LogP contribution in [0.4, 0.5) is 5.69 Å². The Kier molecular flexibility index (Phi) is 6.70. The Morgan fingerprint density at radius 3 is 2.59 bits per heavy atom. The molecule has 0 saturated heterocycles. The number of amides is 1. The van der Waals surface area contributed by atoms with Crippen LogP contribution in [0.5, 0.6) is 5.75 Å². The second-order valence-electron chi connectivity index (χ2n) is 4.80. The van der Waals surface area contributed by atoms with E-state index >= 15 is 0 Å². The Balaban J connectivity index is 2.00. The number of ether oxygens (including phenoxy) is 1. The molecule has 22 heavy (non-hydrogen) atoms. The van der Waals surface area contributed by atoms with Crippen molar-refractivity contribution in [2.45, 2.75) is 19.8 Å². The van der Waals surface area contributed by atoms with Gasteiger partial charge < -0.3 is 10.1 Å². The lowest BCUT2D eigenvalue weighted by Crippen LogP contribution is -2.12. The molecular weight excluding hydrogens is 457 g/mol. The summed E-state index contributed by atoms with van der Waals surface area (Å²) < 4.78 is 7.57. The summed E-state index contributed by atoms with van der Waals surface area (Å²) in [5.41, 5.74) is 1.42. The van der Waals surface area contributed by atoms with E-state index in [0.29, 0.717) is 12.2 Å². The topological polar surface area (TPSA) is 38.3 Å². The highest BCUT2D eigenvalue weighted by molar-refractivity contribution is 14.1. The largest absolute Gasteiger partial charge is 0.494 e. The van der Waals surface area contributed by atoms with Crippen LogP contribution in [-0.2, 0) is 0 Å². The van der Waals surface area contributed by atoms with E-state index < -0.39 is 0 Å². The maximum absolute atomic E-state index is 12.3. The normalized spacial score (nSPS) is 10.3. The van der Waals surface area contributed by atoms with Gasteiger partial charge in [0.15, 0.2) is 0 Å². The second kappa shape index (κ2) is 8.53. The highest BCUT2D eigenvalue weighted by Gasteiger charge is 2.08. The summed E-state index contributed by atoms with van der Waals surface area (Å²) in [6, 6.07) is 13.0. The fraction of sp³-hybridized carbons (Fsp3) is 0.235. The van der Waals surface area contributed by atoms with Crippen LogP contribution in [0.2, 0.25) is 0 Å². The van der Waals surface area contributed by atoms with Gasteiger partial charge in [0.2, 0.25) is 0 Å². The molecule has 3 nitrogen and oxygen atoms in total. The zero-order chi connectivity index (χ0) is 15.9. The molecule has 0 aliphatic heterocycles. The molecule has 0 bridgehead atoms. The molecule has 116 valence electrons. The molecule has 2 rings (SSSR count). The van der Waals surface area contributed by atoms with Gasteiger partial charge in [0.05, 0.1) is 12.3 Å². The van der Waals surface area contributed by atoms with Crippen LogP contribution in [0.3, 0.4) is 0 Å². The molecule has 0 saturated carbocycles. The monoisotopic (exact) mass is 473 g/mol. The maximum Gasteiger partial charge on any atom is 0.255 e. The first-order valence-corrected chi connectivity index (χ1v) is 8.96. The Hall–Kier alpha value is -1.08. The first-order chi connectivity index (χ1) is 10.6. The SMILES string of the molecule is CCCCOc1ccc(C(=O)Nc2ccc(Br)cc2I)cc1. The van der Waals surface area contributed by atoms with Crippen molar-refractivity contribution in [3.05, 3.63) is 56.1 Å². The molecule has 0 aliphatic rings. The van der Waals surface area contributed by atoms with Crippen LogP contribution in [0.1, 0.15) is 30.1 Å². The minimum Gasteiger partial charge on any atom is -0.494 e. The molecule has 0 atom stereocenters. The quantitative estimate of drug-likeness (QED) is 0.445. The van der Waals surface area contributed by atoms with Gasteiger partial charge in [-0.25, -0.2) is 0 Å². The molecule has 0 aromatic heterocycles. The minimum atomic E-state index is -0.125. The van der Waals surface area contributed by atoms with E-state index in [4.69, 9.17) is 4.74 Å². The molecule has 1 amide bonds. The zero-order valence-electron chi connectivity index (χ0n) is 12.2. The van der Waals surface area contributed by atoms with Crippen LogP contribution < -0.4 is 10.1 Å². The van der Waals surface area contributed by atoms with Crippen molar-refractivity contribution in [1.82, 2.24) is 0 Å². The lowest BCUT2D eigenvalue weighted by atomic mass is 10.2. The summed E-state index contributed by atoms with van der Waals surface area (Å²) in [5, 5.41) is 2.92. The number of nitrogens with one attached hydrogen (secondary N) is 1. The highest BCUT2D eigenvalue weighted by Crippen LogP contribution is 2.23. The maximum atomic E-state index is 12.3. The summed E-state index contributed by atoms with van der Waals surface area (Å²) >= 11 is 5.61. The molecule has 2 aromatic carbocycles. The summed E-state index contributed by atoms with van der Waals surface area (Å²) in [6.07, 6.45) is 2.14. The second-order valence-corrected chi connectivity index (χ2v) is 6.88. The lowest BCUT2D eigenvalue weighted by Gasteiger charge is -2.09. The summed E-state index contributed by atoms with van der Waals surface area (Å²) in [4.78, 5) is 12.3. The zero-order valence-corrected chi connectivity index (χ0v) is 16.0. The average Bonchev–Trinajstić information content (AvgIpc) is 2.51. The van der Waals surface area contributed by atoms with Crippen molar-refractivity contribution in [2.75, 3.05) is 11.9 Å². The van der Waals surface area contributed by atoms with Gasteiger partial charge in [0.25, 0.3) is 5.91 Å². The summed E-state index contributed by atoms with van der Waals surface area (Å²) in [6.45, 7) is 2.83. The van der Waals surface area contributed by atoms with Gasteiger partial charge in [-0.05, 0) is 71.5 Å². The van der Waals surface area contributed by atoms with Crippen molar-refractivity contribution in [3.8, 4) is 5.75 Å². The average molecular weight is 474 g/mol. The number of hydrogen-bond acceptors (Lipinski definition) is 2. The Bertz CT molecular complexity index is 644. The smallest absolute Gasteiger partial charge is 0.255 e. The third kappa shape index (κ3) is 4.98. The predicted molar refractivity (Wildman–Crippen MR) is 102 cm³/mol. The molecule has 0 heterocycles. The standard InChI is InChI=1S/C17H17BrINO2/c1-2-3-10-22-14-7-4-12(5-8-14)17(21)20-16-9-6-13(18)11-15(16)19/h4-9,11H,2-3,10H2,1H3,(H,20,21). The molecule has 1 N–H and O–H groups in total. The van der Waals surface area contributed by atoms with Crippen LogP contribution >= 0.6 is 38.5 Å². The number of carbonyl (C=O) groups excluding carboxylic acids is 1. The molecule has 2 aromatic rings. The molecular formula is C17H17BrINO2. The number of rotatable bonds is 6. The van der Waals surface area contributed by atoms with E-state index in [9.17, 15) is 4.79 Å². The van der Waals surface area contributed by atoms with Crippen molar-refractivity contribution in [1.29, 1.82) is 0 Å². The predicted octanol–water partition coefficient (Wildman–Crippen LogP) is 5.48. The first kappa shape index (κ1) is 17.3. The van der Waals surface area contributed by atoms with Gasteiger partial charge in [-0.3, -0.25) is 4.79 Å². The van der Waals surface area contributed by atoms with Crippen LogP contribution in [0.25, 0.3) is 0 Å². The Labute approximate surface area is 152 Å². The molecule has 0 radical (unpaired) electrons.